The van der Waals surface area contributed by atoms with Gasteiger partial charge in [-0.2, -0.15) is 0 Å². The number of likely N-dealkylation sites (tertiary alicyclic amines) is 1. The smallest absolute Gasteiger partial charge is 0.134 e. The minimum atomic E-state index is 0.0569. The Labute approximate surface area is 109 Å². The Balaban J connectivity index is 2.05. The van der Waals surface area contributed by atoms with E-state index in [1.807, 2.05) is 12.1 Å². The SMILES string of the molecule is CCN1CCC(N(C)c2ncccc2CO)CC1. The molecule has 2 rings (SSSR count). The average molecular weight is 249 g/mol. The van der Waals surface area contributed by atoms with E-state index in [4.69, 9.17) is 0 Å². The number of hydrogen-bond donors (Lipinski definition) is 1. The summed E-state index contributed by atoms with van der Waals surface area (Å²) in [4.78, 5) is 9.13. The lowest BCUT2D eigenvalue weighted by atomic mass is 10.0. The molecule has 1 fully saturated rings. The first-order valence-electron chi connectivity index (χ1n) is 6.76. The van der Waals surface area contributed by atoms with E-state index in [1.165, 1.54) is 12.8 Å². The number of pyridine rings is 1. The highest BCUT2D eigenvalue weighted by Gasteiger charge is 2.23. The molecule has 0 radical (unpaired) electrons. The Bertz CT molecular complexity index is 375. The fourth-order valence-corrected chi connectivity index (χ4v) is 2.67. The van der Waals surface area contributed by atoms with Crippen molar-refractivity contribution < 1.29 is 5.11 Å². The van der Waals surface area contributed by atoms with Gasteiger partial charge in [0.05, 0.1) is 6.61 Å². The van der Waals surface area contributed by atoms with Crippen LogP contribution in [-0.2, 0) is 6.61 Å². The van der Waals surface area contributed by atoms with Crippen LogP contribution in [0.15, 0.2) is 18.3 Å². The van der Waals surface area contributed by atoms with E-state index in [1.54, 1.807) is 6.20 Å². The van der Waals surface area contributed by atoms with E-state index < -0.39 is 0 Å². The van der Waals surface area contributed by atoms with E-state index in [2.05, 4.69) is 28.8 Å². The van der Waals surface area contributed by atoms with Crippen molar-refractivity contribution in [2.24, 2.45) is 0 Å². The molecule has 1 aromatic heterocycles. The van der Waals surface area contributed by atoms with Gasteiger partial charge in [0.25, 0.3) is 0 Å². The van der Waals surface area contributed by atoms with Crippen molar-refractivity contribution in [3.8, 4) is 0 Å². The summed E-state index contributed by atoms with van der Waals surface area (Å²) in [5.74, 6) is 0.926. The summed E-state index contributed by atoms with van der Waals surface area (Å²) in [6.07, 6.45) is 4.14. The largest absolute Gasteiger partial charge is 0.392 e. The Morgan fingerprint density at radius 3 is 2.78 bits per heavy atom. The summed E-state index contributed by atoms with van der Waals surface area (Å²) in [7, 11) is 2.09. The zero-order valence-corrected chi connectivity index (χ0v) is 11.3. The number of nitrogens with zero attached hydrogens (tertiary/aromatic N) is 3. The average Bonchev–Trinajstić information content (AvgIpc) is 2.46. The van der Waals surface area contributed by atoms with E-state index >= 15 is 0 Å². The van der Waals surface area contributed by atoms with Gasteiger partial charge in [-0.15, -0.1) is 0 Å². The maximum Gasteiger partial charge on any atom is 0.134 e. The molecule has 18 heavy (non-hydrogen) atoms. The van der Waals surface area contributed by atoms with Gasteiger partial charge in [0, 0.05) is 37.9 Å². The first-order chi connectivity index (χ1) is 8.76. The number of aliphatic hydroxyl groups excluding tert-OH is 1. The molecule has 0 aliphatic carbocycles. The van der Waals surface area contributed by atoms with Gasteiger partial charge in [-0.1, -0.05) is 13.0 Å². The zero-order valence-electron chi connectivity index (χ0n) is 11.3. The predicted octanol–water partition coefficient (Wildman–Crippen LogP) is 1.49. The molecule has 0 amide bonds. The number of anilines is 1. The third-order valence-corrected chi connectivity index (χ3v) is 3.92. The number of aliphatic hydroxyl groups is 1. The van der Waals surface area contributed by atoms with Crippen LogP contribution in [0.5, 0.6) is 0 Å². The molecule has 100 valence electrons. The summed E-state index contributed by atoms with van der Waals surface area (Å²) in [6, 6.07) is 4.36. The highest BCUT2D eigenvalue weighted by atomic mass is 16.3. The molecule has 0 bridgehead atoms. The second-order valence-corrected chi connectivity index (χ2v) is 4.92. The minimum Gasteiger partial charge on any atom is -0.392 e. The van der Waals surface area contributed by atoms with Gasteiger partial charge in [-0.3, -0.25) is 0 Å². The molecule has 1 saturated heterocycles. The molecule has 0 spiro atoms. The molecule has 0 unspecified atom stereocenters. The van der Waals surface area contributed by atoms with Gasteiger partial charge in [0.1, 0.15) is 5.82 Å². The Morgan fingerprint density at radius 2 is 2.17 bits per heavy atom. The van der Waals surface area contributed by atoms with Crippen LogP contribution in [-0.4, -0.2) is 47.7 Å². The molecule has 1 aliphatic heterocycles. The van der Waals surface area contributed by atoms with Crippen LogP contribution in [0.2, 0.25) is 0 Å². The third kappa shape index (κ3) is 2.82. The fraction of sp³-hybridized carbons (Fsp3) is 0.643. The molecule has 0 atom stereocenters. The lowest BCUT2D eigenvalue weighted by molar-refractivity contribution is 0.220. The summed E-state index contributed by atoms with van der Waals surface area (Å²) < 4.78 is 0. The predicted molar refractivity (Wildman–Crippen MR) is 73.7 cm³/mol. The minimum absolute atomic E-state index is 0.0569. The van der Waals surface area contributed by atoms with Gasteiger partial charge < -0.3 is 14.9 Å². The molecule has 4 nitrogen and oxygen atoms in total. The summed E-state index contributed by atoms with van der Waals surface area (Å²) >= 11 is 0. The normalized spacial score (nSPS) is 17.9. The number of piperidine rings is 1. The molecular weight excluding hydrogens is 226 g/mol. The second-order valence-electron chi connectivity index (χ2n) is 4.92. The summed E-state index contributed by atoms with van der Waals surface area (Å²) in [6.45, 7) is 5.73. The second kappa shape index (κ2) is 6.16. The lowest BCUT2D eigenvalue weighted by Gasteiger charge is -2.37. The first-order valence-corrected chi connectivity index (χ1v) is 6.76. The fourth-order valence-electron chi connectivity index (χ4n) is 2.67. The van der Waals surface area contributed by atoms with Crippen LogP contribution in [0.25, 0.3) is 0 Å². The highest BCUT2D eigenvalue weighted by molar-refractivity contribution is 5.46. The Hall–Kier alpha value is -1.13. The molecule has 4 heteroatoms. The van der Waals surface area contributed by atoms with Gasteiger partial charge in [0.15, 0.2) is 0 Å². The van der Waals surface area contributed by atoms with Crippen LogP contribution in [0, 0.1) is 0 Å². The maximum absolute atomic E-state index is 9.37. The Kier molecular flexibility index (Phi) is 4.55. The molecule has 0 aromatic carbocycles. The summed E-state index contributed by atoms with van der Waals surface area (Å²) in [5.41, 5.74) is 0.915. The number of rotatable bonds is 4. The topological polar surface area (TPSA) is 39.6 Å². The lowest BCUT2D eigenvalue weighted by Crippen LogP contribution is -2.43. The quantitative estimate of drug-likeness (QED) is 0.877. The number of hydrogen-bond acceptors (Lipinski definition) is 4. The van der Waals surface area contributed by atoms with E-state index in [-0.39, 0.29) is 6.61 Å². The molecular formula is C14H23N3O. The van der Waals surface area contributed by atoms with Crippen molar-refractivity contribution in [1.29, 1.82) is 0 Å². The Morgan fingerprint density at radius 1 is 1.44 bits per heavy atom. The van der Waals surface area contributed by atoms with Crippen LogP contribution in [0.4, 0.5) is 5.82 Å². The van der Waals surface area contributed by atoms with Crippen molar-refractivity contribution in [1.82, 2.24) is 9.88 Å². The van der Waals surface area contributed by atoms with Crippen molar-refractivity contribution in [3.05, 3.63) is 23.9 Å². The molecule has 1 aromatic rings. The van der Waals surface area contributed by atoms with Crippen molar-refractivity contribution in [3.63, 3.8) is 0 Å². The summed E-state index contributed by atoms with van der Waals surface area (Å²) in [5, 5.41) is 9.37. The van der Waals surface area contributed by atoms with E-state index in [0.29, 0.717) is 6.04 Å². The van der Waals surface area contributed by atoms with Crippen LogP contribution < -0.4 is 4.90 Å². The van der Waals surface area contributed by atoms with Gasteiger partial charge in [-0.25, -0.2) is 4.98 Å². The van der Waals surface area contributed by atoms with Crippen LogP contribution in [0.1, 0.15) is 25.3 Å². The van der Waals surface area contributed by atoms with Gasteiger partial charge in [-0.05, 0) is 25.5 Å². The van der Waals surface area contributed by atoms with Crippen molar-refractivity contribution in [2.75, 3.05) is 31.6 Å². The maximum atomic E-state index is 9.37. The molecule has 0 saturated carbocycles. The number of aromatic nitrogens is 1. The molecule has 1 aliphatic rings. The molecule has 1 N–H and O–H groups in total. The van der Waals surface area contributed by atoms with Gasteiger partial charge >= 0.3 is 0 Å². The zero-order chi connectivity index (χ0) is 13.0. The molecule has 2 heterocycles. The van der Waals surface area contributed by atoms with Crippen molar-refractivity contribution >= 4 is 5.82 Å². The first kappa shape index (κ1) is 13.3. The van der Waals surface area contributed by atoms with E-state index in [0.717, 1.165) is 31.0 Å². The van der Waals surface area contributed by atoms with E-state index in [9.17, 15) is 5.11 Å². The standard InChI is InChI=1S/C14H23N3O/c1-3-17-9-6-13(7-10-17)16(2)14-12(11-18)5-4-8-15-14/h4-5,8,13,18H,3,6-7,9-11H2,1-2H3. The van der Waals surface area contributed by atoms with Crippen LogP contribution in [0.3, 0.4) is 0 Å². The third-order valence-electron chi connectivity index (χ3n) is 3.92. The van der Waals surface area contributed by atoms with Crippen LogP contribution >= 0.6 is 0 Å². The van der Waals surface area contributed by atoms with Crippen molar-refractivity contribution in [2.45, 2.75) is 32.4 Å². The van der Waals surface area contributed by atoms with Gasteiger partial charge in [0.2, 0.25) is 0 Å². The monoisotopic (exact) mass is 249 g/mol. The highest BCUT2D eigenvalue weighted by Crippen LogP contribution is 2.23.